The van der Waals surface area contributed by atoms with Crippen LogP contribution in [0.25, 0.3) is 0 Å². The highest BCUT2D eigenvalue weighted by atomic mass is 32.2. The van der Waals surface area contributed by atoms with Crippen molar-refractivity contribution in [3.8, 4) is 0 Å². The van der Waals surface area contributed by atoms with E-state index < -0.39 is 0 Å². The van der Waals surface area contributed by atoms with Crippen LogP contribution in [0.2, 0.25) is 0 Å². The van der Waals surface area contributed by atoms with Crippen LogP contribution in [0.4, 0.5) is 10.5 Å². The van der Waals surface area contributed by atoms with Crippen molar-refractivity contribution in [1.29, 1.82) is 0 Å². The summed E-state index contributed by atoms with van der Waals surface area (Å²) in [5, 5.41) is 6.26. The van der Waals surface area contributed by atoms with Gasteiger partial charge in [0.1, 0.15) is 0 Å². The summed E-state index contributed by atoms with van der Waals surface area (Å²) in [6, 6.07) is 7.87. The van der Waals surface area contributed by atoms with Gasteiger partial charge in [0.2, 0.25) is 0 Å². The van der Waals surface area contributed by atoms with Crippen molar-refractivity contribution in [2.24, 2.45) is 0 Å². The lowest BCUT2D eigenvalue weighted by Crippen LogP contribution is -2.56. The Hall–Kier alpha value is -1.24. The zero-order valence-electron chi connectivity index (χ0n) is 14.3. The summed E-state index contributed by atoms with van der Waals surface area (Å²) < 4.78 is 5.43. The SMILES string of the molecule is CSc1ccc(NC(=O)NC2(CN3CCOCC3)CCCC2)cc1. The molecule has 2 fully saturated rings. The molecule has 5 nitrogen and oxygen atoms in total. The molecule has 0 unspecified atom stereocenters. The summed E-state index contributed by atoms with van der Waals surface area (Å²) in [5.41, 5.74) is 0.741. The molecule has 1 aliphatic carbocycles. The normalized spacial score (nSPS) is 20.7. The van der Waals surface area contributed by atoms with Crippen LogP contribution in [-0.2, 0) is 4.74 Å². The lowest BCUT2D eigenvalue weighted by Gasteiger charge is -2.37. The first-order valence-electron chi connectivity index (χ1n) is 8.72. The van der Waals surface area contributed by atoms with Crippen LogP contribution in [0.5, 0.6) is 0 Å². The first kappa shape index (κ1) is 17.6. The molecule has 2 N–H and O–H groups in total. The molecule has 3 rings (SSSR count). The van der Waals surface area contributed by atoms with Crippen LogP contribution in [0.15, 0.2) is 29.2 Å². The lowest BCUT2D eigenvalue weighted by atomic mass is 9.96. The highest BCUT2D eigenvalue weighted by Crippen LogP contribution is 2.31. The number of thioether (sulfide) groups is 1. The van der Waals surface area contributed by atoms with E-state index in [0.29, 0.717) is 0 Å². The van der Waals surface area contributed by atoms with Gasteiger partial charge >= 0.3 is 6.03 Å². The fraction of sp³-hybridized carbons (Fsp3) is 0.611. The minimum Gasteiger partial charge on any atom is -0.379 e. The zero-order chi connectivity index (χ0) is 16.8. The number of carbonyl (C=O) groups excluding carboxylic acids is 1. The molecule has 1 heterocycles. The molecule has 1 aromatic rings. The monoisotopic (exact) mass is 349 g/mol. The van der Waals surface area contributed by atoms with Crippen molar-refractivity contribution >= 4 is 23.5 Å². The number of ether oxygens (including phenoxy) is 1. The van der Waals surface area contributed by atoms with Gasteiger partial charge in [0.15, 0.2) is 0 Å². The van der Waals surface area contributed by atoms with Gasteiger partial charge in [0.25, 0.3) is 0 Å². The van der Waals surface area contributed by atoms with E-state index in [9.17, 15) is 4.79 Å². The fourth-order valence-corrected chi connectivity index (χ4v) is 4.05. The quantitative estimate of drug-likeness (QED) is 0.802. The highest BCUT2D eigenvalue weighted by molar-refractivity contribution is 7.98. The molecule has 2 amide bonds. The first-order chi connectivity index (χ1) is 11.7. The topological polar surface area (TPSA) is 53.6 Å². The Balaban J connectivity index is 1.58. The van der Waals surface area contributed by atoms with E-state index in [1.54, 1.807) is 11.8 Å². The summed E-state index contributed by atoms with van der Waals surface area (Å²) >= 11 is 1.70. The minimum atomic E-state index is -0.0966. The van der Waals surface area contributed by atoms with Crippen molar-refractivity contribution in [2.45, 2.75) is 36.1 Å². The maximum Gasteiger partial charge on any atom is 0.319 e. The summed E-state index contributed by atoms with van der Waals surface area (Å²) in [5.74, 6) is 0. The molecular weight excluding hydrogens is 322 g/mol. The second-order valence-corrected chi connectivity index (χ2v) is 7.56. The van der Waals surface area contributed by atoms with Crippen LogP contribution in [0.1, 0.15) is 25.7 Å². The molecule has 0 radical (unpaired) electrons. The van der Waals surface area contributed by atoms with E-state index in [1.807, 2.05) is 30.5 Å². The van der Waals surface area contributed by atoms with Crippen molar-refractivity contribution in [3.63, 3.8) is 0 Å². The molecule has 1 aromatic carbocycles. The molecule has 0 spiro atoms. The van der Waals surface area contributed by atoms with E-state index in [2.05, 4.69) is 15.5 Å². The van der Waals surface area contributed by atoms with Gasteiger partial charge in [-0.2, -0.15) is 0 Å². The number of amides is 2. The average Bonchev–Trinajstić information content (AvgIpc) is 3.04. The van der Waals surface area contributed by atoms with Gasteiger partial charge in [-0.1, -0.05) is 12.8 Å². The van der Waals surface area contributed by atoms with E-state index >= 15 is 0 Å². The molecule has 0 bridgehead atoms. The van der Waals surface area contributed by atoms with Gasteiger partial charge in [0, 0.05) is 30.2 Å². The smallest absolute Gasteiger partial charge is 0.319 e. The third kappa shape index (κ3) is 4.65. The molecule has 132 valence electrons. The van der Waals surface area contributed by atoms with Crippen LogP contribution in [-0.4, -0.2) is 55.6 Å². The van der Waals surface area contributed by atoms with E-state index in [4.69, 9.17) is 4.74 Å². The van der Waals surface area contributed by atoms with Crippen molar-refractivity contribution in [3.05, 3.63) is 24.3 Å². The fourth-order valence-electron chi connectivity index (χ4n) is 3.64. The van der Waals surface area contributed by atoms with Crippen molar-refractivity contribution in [1.82, 2.24) is 10.2 Å². The second kappa shape index (κ2) is 8.23. The molecule has 0 aromatic heterocycles. The number of nitrogens with zero attached hydrogens (tertiary/aromatic N) is 1. The number of morpholine rings is 1. The Morgan fingerprint density at radius 3 is 2.50 bits per heavy atom. The molecule has 2 aliphatic rings. The van der Waals surface area contributed by atoms with Crippen molar-refractivity contribution in [2.75, 3.05) is 44.4 Å². The van der Waals surface area contributed by atoms with Crippen LogP contribution < -0.4 is 10.6 Å². The number of urea groups is 1. The standard InChI is InChI=1S/C18H27N3O2S/c1-24-16-6-4-15(5-7-16)19-17(22)20-18(8-2-3-9-18)14-21-10-12-23-13-11-21/h4-7H,2-3,8-14H2,1H3,(H2,19,20,22). The van der Waals surface area contributed by atoms with Crippen LogP contribution in [0, 0.1) is 0 Å². The second-order valence-electron chi connectivity index (χ2n) is 6.68. The van der Waals surface area contributed by atoms with Gasteiger partial charge in [-0.3, -0.25) is 4.90 Å². The third-order valence-electron chi connectivity index (χ3n) is 4.92. The number of hydrogen-bond acceptors (Lipinski definition) is 4. The predicted molar refractivity (Wildman–Crippen MR) is 98.8 cm³/mol. The number of hydrogen-bond donors (Lipinski definition) is 2. The Morgan fingerprint density at radius 1 is 1.21 bits per heavy atom. The Labute approximate surface area is 148 Å². The number of benzene rings is 1. The maximum absolute atomic E-state index is 12.5. The Kier molecular flexibility index (Phi) is 6.03. The number of anilines is 1. The zero-order valence-corrected chi connectivity index (χ0v) is 15.2. The minimum absolute atomic E-state index is 0.0953. The summed E-state index contributed by atoms with van der Waals surface area (Å²) in [6.07, 6.45) is 6.54. The number of nitrogens with one attached hydrogen (secondary N) is 2. The number of rotatable bonds is 5. The molecule has 1 saturated heterocycles. The Morgan fingerprint density at radius 2 is 1.88 bits per heavy atom. The van der Waals surface area contributed by atoms with Gasteiger partial charge in [0.05, 0.1) is 18.8 Å². The molecular formula is C18H27N3O2S. The molecule has 6 heteroatoms. The van der Waals surface area contributed by atoms with Crippen molar-refractivity contribution < 1.29 is 9.53 Å². The summed E-state index contributed by atoms with van der Waals surface area (Å²) in [4.78, 5) is 16.1. The highest BCUT2D eigenvalue weighted by Gasteiger charge is 2.37. The number of carbonyl (C=O) groups is 1. The van der Waals surface area contributed by atoms with Crippen LogP contribution >= 0.6 is 11.8 Å². The van der Waals surface area contributed by atoms with Crippen LogP contribution in [0.3, 0.4) is 0 Å². The van der Waals surface area contributed by atoms with E-state index in [1.165, 1.54) is 17.7 Å². The third-order valence-corrected chi connectivity index (χ3v) is 5.66. The van der Waals surface area contributed by atoms with Gasteiger partial charge in [-0.25, -0.2) is 4.79 Å². The maximum atomic E-state index is 12.5. The molecule has 1 saturated carbocycles. The van der Waals surface area contributed by atoms with Gasteiger partial charge in [-0.05, 0) is 43.4 Å². The molecule has 24 heavy (non-hydrogen) atoms. The summed E-state index contributed by atoms with van der Waals surface area (Å²) in [7, 11) is 0. The lowest BCUT2D eigenvalue weighted by molar-refractivity contribution is 0.0254. The molecule has 1 aliphatic heterocycles. The summed E-state index contributed by atoms with van der Waals surface area (Å²) in [6.45, 7) is 4.44. The van der Waals surface area contributed by atoms with E-state index in [-0.39, 0.29) is 11.6 Å². The van der Waals surface area contributed by atoms with E-state index in [0.717, 1.165) is 51.4 Å². The average molecular weight is 350 g/mol. The predicted octanol–water partition coefficient (Wildman–Crippen LogP) is 3.18. The first-order valence-corrected chi connectivity index (χ1v) is 9.95. The van der Waals surface area contributed by atoms with Gasteiger partial charge in [-0.15, -0.1) is 11.8 Å². The molecule has 0 atom stereocenters. The Bertz CT molecular complexity index is 538. The largest absolute Gasteiger partial charge is 0.379 e. The van der Waals surface area contributed by atoms with Gasteiger partial charge < -0.3 is 15.4 Å².